The van der Waals surface area contributed by atoms with Crippen molar-refractivity contribution in [3.8, 4) is 0 Å². The molecule has 17 heavy (non-hydrogen) atoms. The summed E-state index contributed by atoms with van der Waals surface area (Å²) in [5, 5.41) is 4.47. The van der Waals surface area contributed by atoms with E-state index in [2.05, 4.69) is 52.1 Å². The van der Waals surface area contributed by atoms with Gasteiger partial charge in [0.05, 0.1) is 0 Å². The van der Waals surface area contributed by atoms with Crippen LogP contribution in [0.15, 0.2) is 18.2 Å². The lowest BCUT2D eigenvalue weighted by atomic mass is 9.82. The molecule has 1 nitrogen and oxygen atoms in total. The molecule has 0 bridgehead atoms. The van der Waals surface area contributed by atoms with Gasteiger partial charge in [-0.25, -0.2) is 0 Å². The standard InChI is InChI=1S/C15H24ClN/c1-6-9-17-14(15(3,4)5)12-7-8-13(16)11(2)10-12/h7-8,10,14,17H,6,9H2,1-5H3. The maximum absolute atomic E-state index is 6.08. The van der Waals surface area contributed by atoms with E-state index in [-0.39, 0.29) is 5.41 Å². The van der Waals surface area contributed by atoms with Crippen LogP contribution in [0.3, 0.4) is 0 Å². The summed E-state index contributed by atoms with van der Waals surface area (Å²) in [6.07, 6.45) is 1.15. The van der Waals surface area contributed by atoms with Crippen LogP contribution < -0.4 is 5.32 Å². The van der Waals surface area contributed by atoms with Gasteiger partial charge in [0.1, 0.15) is 0 Å². The zero-order valence-corrected chi connectivity index (χ0v) is 12.4. The fourth-order valence-electron chi connectivity index (χ4n) is 2.06. The molecule has 1 atom stereocenters. The van der Waals surface area contributed by atoms with Gasteiger partial charge in [0.25, 0.3) is 0 Å². The second-order valence-corrected chi connectivity index (χ2v) is 6.17. The summed E-state index contributed by atoms with van der Waals surface area (Å²) in [4.78, 5) is 0. The Kier molecular flexibility index (Phi) is 5.03. The second-order valence-electron chi connectivity index (χ2n) is 5.76. The highest BCUT2D eigenvalue weighted by Crippen LogP contribution is 2.34. The molecule has 0 aliphatic heterocycles. The third-order valence-corrected chi connectivity index (χ3v) is 3.40. The first-order valence-corrected chi connectivity index (χ1v) is 6.73. The highest BCUT2D eigenvalue weighted by Gasteiger charge is 2.25. The quantitative estimate of drug-likeness (QED) is 0.818. The highest BCUT2D eigenvalue weighted by atomic mass is 35.5. The van der Waals surface area contributed by atoms with Crippen molar-refractivity contribution < 1.29 is 0 Å². The van der Waals surface area contributed by atoms with Crippen LogP contribution in [-0.4, -0.2) is 6.54 Å². The Labute approximate surface area is 111 Å². The number of halogens is 1. The molecule has 1 rings (SSSR count). The van der Waals surface area contributed by atoms with Gasteiger partial charge in [-0.2, -0.15) is 0 Å². The molecule has 0 aromatic heterocycles. The largest absolute Gasteiger partial charge is 0.309 e. The minimum Gasteiger partial charge on any atom is -0.309 e. The van der Waals surface area contributed by atoms with E-state index in [1.54, 1.807) is 0 Å². The lowest BCUT2D eigenvalue weighted by Gasteiger charge is -2.32. The van der Waals surface area contributed by atoms with Crippen LogP contribution in [0.1, 0.15) is 51.3 Å². The van der Waals surface area contributed by atoms with E-state index in [0.29, 0.717) is 6.04 Å². The molecule has 1 N–H and O–H groups in total. The summed E-state index contributed by atoms with van der Waals surface area (Å²) < 4.78 is 0. The first-order chi connectivity index (χ1) is 7.86. The Balaban J connectivity index is 3.00. The number of rotatable bonds is 4. The van der Waals surface area contributed by atoms with Crippen LogP contribution in [0.2, 0.25) is 5.02 Å². The van der Waals surface area contributed by atoms with Gasteiger partial charge in [-0.3, -0.25) is 0 Å². The lowest BCUT2D eigenvalue weighted by Crippen LogP contribution is -2.32. The van der Waals surface area contributed by atoms with E-state index in [4.69, 9.17) is 11.6 Å². The van der Waals surface area contributed by atoms with E-state index in [1.807, 2.05) is 6.07 Å². The summed E-state index contributed by atoms with van der Waals surface area (Å²) in [6.45, 7) is 12.1. The predicted octanol–water partition coefficient (Wildman–Crippen LogP) is 4.74. The lowest BCUT2D eigenvalue weighted by molar-refractivity contribution is 0.273. The van der Waals surface area contributed by atoms with Gasteiger partial charge in [-0.15, -0.1) is 0 Å². The van der Waals surface area contributed by atoms with Crippen molar-refractivity contribution in [1.82, 2.24) is 5.32 Å². The molecule has 0 spiro atoms. The number of benzene rings is 1. The van der Waals surface area contributed by atoms with Gasteiger partial charge in [-0.05, 0) is 42.5 Å². The van der Waals surface area contributed by atoms with Gasteiger partial charge < -0.3 is 5.32 Å². The molecular weight excluding hydrogens is 230 g/mol. The molecule has 96 valence electrons. The van der Waals surface area contributed by atoms with E-state index in [0.717, 1.165) is 23.6 Å². The van der Waals surface area contributed by atoms with E-state index in [9.17, 15) is 0 Å². The Hall–Kier alpha value is -0.530. The van der Waals surface area contributed by atoms with Crippen molar-refractivity contribution in [2.24, 2.45) is 5.41 Å². The normalized spacial score (nSPS) is 13.8. The van der Waals surface area contributed by atoms with Crippen molar-refractivity contribution >= 4 is 11.6 Å². The van der Waals surface area contributed by atoms with Crippen LogP contribution in [0, 0.1) is 12.3 Å². The van der Waals surface area contributed by atoms with Crippen LogP contribution in [0.25, 0.3) is 0 Å². The third-order valence-electron chi connectivity index (χ3n) is 2.98. The third kappa shape index (κ3) is 4.01. The molecule has 1 aromatic carbocycles. The van der Waals surface area contributed by atoms with Crippen molar-refractivity contribution in [2.75, 3.05) is 6.54 Å². The summed E-state index contributed by atoms with van der Waals surface area (Å²) >= 11 is 6.08. The average molecular weight is 254 g/mol. The molecule has 0 saturated heterocycles. The van der Waals surface area contributed by atoms with Crippen molar-refractivity contribution in [2.45, 2.75) is 47.1 Å². The molecule has 0 aliphatic rings. The SMILES string of the molecule is CCCNC(c1ccc(Cl)c(C)c1)C(C)(C)C. The average Bonchev–Trinajstić information content (AvgIpc) is 2.22. The number of nitrogens with one attached hydrogen (secondary N) is 1. The zero-order valence-electron chi connectivity index (χ0n) is 11.6. The Morgan fingerprint density at radius 2 is 1.94 bits per heavy atom. The van der Waals surface area contributed by atoms with Crippen molar-refractivity contribution in [3.63, 3.8) is 0 Å². The number of hydrogen-bond acceptors (Lipinski definition) is 1. The molecule has 0 aliphatic carbocycles. The molecule has 0 heterocycles. The molecule has 1 aromatic rings. The Morgan fingerprint density at radius 1 is 1.29 bits per heavy atom. The number of aryl methyl sites for hydroxylation is 1. The molecule has 0 amide bonds. The van der Waals surface area contributed by atoms with Crippen LogP contribution in [0.5, 0.6) is 0 Å². The highest BCUT2D eigenvalue weighted by molar-refractivity contribution is 6.31. The molecule has 0 saturated carbocycles. The van der Waals surface area contributed by atoms with E-state index < -0.39 is 0 Å². The molecular formula is C15H24ClN. The first kappa shape index (κ1) is 14.5. The minimum absolute atomic E-state index is 0.204. The Morgan fingerprint density at radius 3 is 2.41 bits per heavy atom. The minimum atomic E-state index is 0.204. The van der Waals surface area contributed by atoms with E-state index in [1.165, 1.54) is 5.56 Å². The summed E-state index contributed by atoms with van der Waals surface area (Å²) in [5.41, 5.74) is 2.68. The van der Waals surface area contributed by atoms with Gasteiger partial charge in [-0.1, -0.05) is 51.4 Å². The zero-order chi connectivity index (χ0) is 13.1. The second kappa shape index (κ2) is 5.88. The predicted molar refractivity (Wildman–Crippen MR) is 76.7 cm³/mol. The monoisotopic (exact) mass is 253 g/mol. The molecule has 0 radical (unpaired) electrons. The van der Waals surface area contributed by atoms with Gasteiger partial charge in [0.15, 0.2) is 0 Å². The molecule has 1 unspecified atom stereocenters. The smallest absolute Gasteiger partial charge is 0.0435 e. The fraction of sp³-hybridized carbons (Fsp3) is 0.600. The molecule has 0 fully saturated rings. The van der Waals surface area contributed by atoms with Crippen LogP contribution >= 0.6 is 11.6 Å². The maximum atomic E-state index is 6.08. The van der Waals surface area contributed by atoms with Crippen LogP contribution in [-0.2, 0) is 0 Å². The van der Waals surface area contributed by atoms with Crippen LogP contribution in [0.4, 0.5) is 0 Å². The van der Waals surface area contributed by atoms with Crippen molar-refractivity contribution in [1.29, 1.82) is 0 Å². The first-order valence-electron chi connectivity index (χ1n) is 6.35. The van der Waals surface area contributed by atoms with Gasteiger partial charge >= 0.3 is 0 Å². The summed E-state index contributed by atoms with van der Waals surface area (Å²) in [6, 6.07) is 6.70. The molecule has 2 heteroatoms. The van der Waals surface area contributed by atoms with Gasteiger partial charge in [0, 0.05) is 11.1 Å². The van der Waals surface area contributed by atoms with E-state index >= 15 is 0 Å². The maximum Gasteiger partial charge on any atom is 0.0435 e. The van der Waals surface area contributed by atoms with Gasteiger partial charge in [0.2, 0.25) is 0 Å². The number of hydrogen-bond donors (Lipinski definition) is 1. The fourth-order valence-corrected chi connectivity index (χ4v) is 2.18. The summed E-state index contributed by atoms with van der Waals surface area (Å²) in [7, 11) is 0. The Bertz CT molecular complexity index is 366. The summed E-state index contributed by atoms with van der Waals surface area (Å²) in [5.74, 6) is 0. The van der Waals surface area contributed by atoms with Crippen molar-refractivity contribution in [3.05, 3.63) is 34.3 Å². The topological polar surface area (TPSA) is 12.0 Å².